The molecule has 3 heteroatoms. The minimum absolute atomic E-state index is 0.139. The van der Waals surface area contributed by atoms with Crippen molar-refractivity contribution in [3.05, 3.63) is 64.3 Å². The summed E-state index contributed by atoms with van der Waals surface area (Å²) in [5.74, 6) is 1.62. The van der Waals surface area contributed by atoms with Gasteiger partial charge in [-0.25, -0.2) is 0 Å². The van der Waals surface area contributed by atoms with Gasteiger partial charge in [0.1, 0.15) is 11.5 Å². The van der Waals surface area contributed by atoms with E-state index in [1.807, 2.05) is 30.3 Å². The van der Waals surface area contributed by atoms with Crippen LogP contribution in [-0.4, -0.2) is 4.98 Å². The lowest BCUT2D eigenvalue weighted by Gasteiger charge is -2.19. The Kier molecular flexibility index (Phi) is 4.40. The van der Waals surface area contributed by atoms with Crippen molar-refractivity contribution < 1.29 is 4.74 Å². The highest BCUT2D eigenvalue weighted by Gasteiger charge is 2.17. The summed E-state index contributed by atoms with van der Waals surface area (Å²) >= 11 is 6.71. The predicted molar refractivity (Wildman–Crippen MR) is 109 cm³/mol. The van der Waals surface area contributed by atoms with Crippen LogP contribution >= 0.6 is 11.6 Å². The van der Waals surface area contributed by atoms with Crippen molar-refractivity contribution in [2.24, 2.45) is 0 Å². The standard InChI is InChI=1S/C23H24ClNO/c1-23(2,3)15-8-10-16(11-9-15)26-17-12-13-21-19(14-17)22(24)18-6-4-5-7-20(18)25-21/h8-14H,4-7H2,1-3H3. The average Bonchev–Trinajstić information content (AvgIpc) is 2.62. The second-order valence-electron chi connectivity index (χ2n) is 8.11. The fraction of sp³-hybridized carbons (Fsp3) is 0.348. The van der Waals surface area contributed by atoms with Gasteiger partial charge in [-0.05, 0) is 72.6 Å². The van der Waals surface area contributed by atoms with Gasteiger partial charge >= 0.3 is 0 Å². The fourth-order valence-electron chi connectivity index (χ4n) is 3.57. The quantitative estimate of drug-likeness (QED) is 0.495. The summed E-state index contributed by atoms with van der Waals surface area (Å²) in [7, 11) is 0. The van der Waals surface area contributed by atoms with E-state index in [-0.39, 0.29) is 5.41 Å². The number of pyridine rings is 1. The zero-order valence-electron chi connectivity index (χ0n) is 15.6. The normalized spacial score (nSPS) is 14.3. The van der Waals surface area contributed by atoms with Gasteiger partial charge < -0.3 is 4.74 Å². The fourth-order valence-corrected chi connectivity index (χ4v) is 3.92. The number of hydrogen-bond acceptors (Lipinski definition) is 2. The molecule has 0 saturated heterocycles. The summed E-state index contributed by atoms with van der Waals surface area (Å²) in [4.78, 5) is 4.82. The van der Waals surface area contributed by atoms with Gasteiger partial charge in [0.2, 0.25) is 0 Å². The van der Waals surface area contributed by atoms with Crippen LogP contribution in [0, 0.1) is 0 Å². The first-order chi connectivity index (χ1) is 12.4. The summed E-state index contributed by atoms with van der Waals surface area (Å²) < 4.78 is 6.07. The summed E-state index contributed by atoms with van der Waals surface area (Å²) in [5, 5.41) is 1.83. The van der Waals surface area contributed by atoms with Crippen LogP contribution in [0.2, 0.25) is 5.02 Å². The highest BCUT2D eigenvalue weighted by molar-refractivity contribution is 6.36. The van der Waals surface area contributed by atoms with E-state index in [9.17, 15) is 0 Å². The maximum Gasteiger partial charge on any atom is 0.128 e. The Morgan fingerprint density at radius 3 is 2.35 bits per heavy atom. The van der Waals surface area contributed by atoms with Gasteiger partial charge in [0.15, 0.2) is 0 Å². The topological polar surface area (TPSA) is 22.1 Å². The molecule has 0 radical (unpaired) electrons. The molecular weight excluding hydrogens is 342 g/mol. The minimum Gasteiger partial charge on any atom is -0.457 e. The molecule has 134 valence electrons. The van der Waals surface area contributed by atoms with Crippen molar-refractivity contribution in [3.63, 3.8) is 0 Å². The number of nitrogens with zero attached hydrogens (tertiary/aromatic N) is 1. The van der Waals surface area contributed by atoms with E-state index in [0.717, 1.165) is 40.3 Å². The lowest BCUT2D eigenvalue weighted by molar-refractivity contribution is 0.482. The third kappa shape index (κ3) is 3.31. The smallest absolute Gasteiger partial charge is 0.128 e. The van der Waals surface area contributed by atoms with E-state index >= 15 is 0 Å². The van der Waals surface area contributed by atoms with Crippen LogP contribution in [-0.2, 0) is 18.3 Å². The zero-order chi connectivity index (χ0) is 18.3. The van der Waals surface area contributed by atoms with Gasteiger partial charge in [-0.2, -0.15) is 0 Å². The van der Waals surface area contributed by atoms with E-state index in [4.69, 9.17) is 21.3 Å². The lowest BCUT2D eigenvalue weighted by Crippen LogP contribution is -2.10. The van der Waals surface area contributed by atoms with E-state index < -0.39 is 0 Å². The first kappa shape index (κ1) is 17.4. The van der Waals surface area contributed by atoms with Crippen LogP contribution in [0.25, 0.3) is 10.9 Å². The largest absolute Gasteiger partial charge is 0.457 e. The average molecular weight is 366 g/mol. The van der Waals surface area contributed by atoms with Gasteiger partial charge in [0.25, 0.3) is 0 Å². The second-order valence-corrected chi connectivity index (χ2v) is 8.49. The van der Waals surface area contributed by atoms with Crippen molar-refractivity contribution in [1.82, 2.24) is 4.98 Å². The van der Waals surface area contributed by atoms with Crippen LogP contribution in [0.4, 0.5) is 0 Å². The second kappa shape index (κ2) is 6.59. The summed E-state index contributed by atoms with van der Waals surface area (Å²) in [6, 6.07) is 14.3. The Morgan fingerprint density at radius 1 is 0.923 bits per heavy atom. The van der Waals surface area contributed by atoms with Crippen molar-refractivity contribution in [2.45, 2.75) is 51.9 Å². The molecule has 0 amide bonds. The van der Waals surface area contributed by atoms with Crippen molar-refractivity contribution in [2.75, 3.05) is 0 Å². The van der Waals surface area contributed by atoms with E-state index in [1.165, 1.54) is 29.7 Å². The molecule has 1 aliphatic rings. The molecule has 0 saturated carbocycles. The Bertz CT molecular complexity index is 955. The molecule has 2 nitrogen and oxygen atoms in total. The number of rotatable bonds is 2. The highest BCUT2D eigenvalue weighted by atomic mass is 35.5. The molecule has 1 aliphatic carbocycles. The van der Waals surface area contributed by atoms with E-state index in [1.54, 1.807) is 0 Å². The number of ether oxygens (including phenoxy) is 1. The van der Waals surface area contributed by atoms with Gasteiger partial charge in [-0.3, -0.25) is 4.98 Å². The molecule has 4 rings (SSSR count). The molecule has 0 spiro atoms. The molecule has 0 unspecified atom stereocenters. The van der Waals surface area contributed by atoms with Crippen LogP contribution < -0.4 is 4.74 Å². The first-order valence-corrected chi connectivity index (χ1v) is 9.69. The number of hydrogen-bond donors (Lipinski definition) is 0. The van der Waals surface area contributed by atoms with E-state index in [0.29, 0.717) is 0 Å². The minimum atomic E-state index is 0.139. The molecule has 0 N–H and O–H groups in total. The first-order valence-electron chi connectivity index (χ1n) is 9.31. The zero-order valence-corrected chi connectivity index (χ0v) is 16.4. The maximum atomic E-state index is 6.71. The maximum absolute atomic E-state index is 6.71. The molecule has 0 aliphatic heterocycles. The van der Waals surface area contributed by atoms with Crippen molar-refractivity contribution >= 4 is 22.5 Å². The molecule has 1 aromatic heterocycles. The van der Waals surface area contributed by atoms with Crippen molar-refractivity contribution in [1.29, 1.82) is 0 Å². The lowest BCUT2D eigenvalue weighted by atomic mass is 9.87. The Hall–Kier alpha value is -2.06. The molecule has 2 aromatic carbocycles. The predicted octanol–water partition coefficient (Wildman–Crippen LogP) is 6.86. The molecule has 0 atom stereocenters. The third-order valence-electron chi connectivity index (χ3n) is 5.12. The number of benzene rings is 2. The SMILES string of the molecule is CC(C)(C)c1ccc(Oc2ccc3nc4c(c(Cl)c3c2)CCCC4)cc1. The van der Waals surface area contributed by atoms with Crippen molar-refractivity contribution in [3.8, 4) is 11.5 Å². The molecule has 1 heterocycles. The molecule has 26 heavy (non-hydrogen) atoms. The molecule has 3 aromatic rings. The number of aryl methyl sites for hydroxylation is 1. The number of fused-ring (bicyclic) bond motifs is 2. The number of halogens is 1. The Morgan fingerprint density at radius 2 is 1.62 bits per heavy atom. The van der Waals surface area contributed by atoms with Crippen LogP contribution in [0.15, 0.2) is 42.5 Å². The van der Waals surface area contributed by atoms with Gasteiger partial charge in [0, 0.05) is 11.1 Å². The summed E-state index contributed by atoms with van der Waals surface area (Å²) in [6.45, 7) is 6.63. The Balaban J connectivity index is 1.66. The van der Waals surface area contributed by atoms with Gasteiger partial charge in [0.05, 0.1) is 10.5 Å². The van der Waals surface area contributed by atoms with Crippen LogP contribution in [0.5, 0.6) is 11.5 Å². The molecular formula is C23H24ClNO. The van der Waals surface area contributed by atoms with E-state index in [2.05, 4.69) is 32.9 Å². The highest BCUT2D eigenvalue weighted by Crippen LogP contribution is 2.35. The van der Waals surface area contributed by atoms with Crippen LogP contribution in [0.3, 0.4) is 0 Å². The van der Waals surface area contributed by atoms with Gasteiger partial charge in [-0.1, -0.05) is 44.5 Å². The summed E-state index contributed by atoms with van der Waals surface area (Å²) in [6.07, 6.45) is 4.45. The van der Waals surface area contributed by atoms with Gasteiger partial charge in [-0.15, -0.1) is 0 Å². The third-order valence-corrected chi connectivity index (χ3v) is 5.55. The monoisotopic (exact) mass is 365 g/mol. The van der Waals surface area contributed by atoms with Crippen LogP contribution in [0.1, 0.15) is 50.4 Å². The summed E-state index contributed by atoms with van der Waals surface area (Å²) in [5.41, 5.74) is 4.77. The molecule has 0 bridgehead atoms. The Labute approximate surface area is 160 Å². The molecule has 0 fully saturated rings. The number of aromatic nitrogens is 1.